The van der Waals surface area contributed by atoms with Gasteiger partial charge < -0.3 is 9.47 Å². The minimum absolute atomic E-state index is 0.253. The van der Waals surface area contributed by atoms with Crippen LogP contribution in [-0.2, 0) is 6.42 Å². The van der Waals surface area contributed by atoms with Crippen molar-refractivity contribution >= 4 is 33.5 Å². The summed E-state index contributed by atoms with van der Waals surface area (Å²) in [5, 5.41) is 1.31. The summed E-state index contributed by atoms with van der Waals surface area (Å²) >= 11 is 0. The maximum atomic E-state index is 4.21. The number of nitrogens with zero attached hydrogens (tertiary/aromatic N) is 4. The fourth-order valence-corrected chi connectivity index (χ4v) is 8.28. The van der Waals surface area contributed by atoms with Crippen LogP contribution in [0.5, 0.6) is 0 Å². The molecule has 3 aromatic heterocycles. The standard InChI is InChI=1S/C52H38N4/c1-3-9-37(10-4-1)43-35-49(52-50(36-43)48-13-7-8-14-51(48)56(52)44-11-5-2-6-12-44)42-19-25-47(26-20-42)55(45-21-15-38(16-22-45)40-27-31-53-32-28-40)46-23-17-39(18-24-46)41-29-33-54-34-30-41/h1-35,43H,36H2. The van der Waals surface area contributed by atoms with Crippen molar-refractivity contribution in [2.45, 2.75) is 12.3 Å². The molecule has 1 atom stereocenters. The molecule has 56 heavy (non-hydrogen) atoms. The molecule has 4 nitrogen and oxygen atoms in total. The minimum atomic E-state index is 0.253. The molecule has 6 aromatic carbocycles. The van der Waals surface area contributed by atoms with E-state index in [1.54, 1.807) is 0 Å². The molecule has 0 saturated carbocycles. The predicted molar refractivity (Wildman–Crippen MR) is 231 cm³/mol. The van der Waals surface area contributed by atoms with Gasteiger partial charge in [-0.2, -0.15) is 0 Å². The second kappa shape index (κ2) is 14.5. The van der Waals surface area contributed by atoms with E-state index >= 15 is 0 Å². The largest absolute Gasteiger partial charge is 0.311 e. The Labute approximate surface area is 327 Å². The van der Waals surface area contributed by atoms with Crippen LogP contribution in [0.2, 0.25) is 0 Å². The van der Waals surface area contributed by atoms with E-state index in [0.29, 0.717) is 0 Å². The van der Waals surface area contributed by atoms with Gasteiger partial charge in [-0.15, -0.1) is 0 Å². The normalized spacial score (nSPS) is 13.6. The number of fused-ring (bicyclic) bond motifs is 3. The first-order valence-electron chi connectivity index (χ1n) is 19.1. The summed E-state index contributed by atoms with van der Waals surface area (Å²) in [6.45, 7) is 0. The molecule has 1 unspecified atom stereocenters. The molecule has 0 radical (unpaired) electrons. The van der Waals surface area contributed by atoms with Gasteiger partial charge in [-0.25, -0.2) is 0 Å². The van der Waals surface area contributed by atoms with Gasteiger partial charge in [0.1, 0.15) is 0 Å². The van der Waals surface area contributed by atoms with Gasteiger partial charge in [0.2, 0.25) is 0 Å². The number of anilines is 3. The van der Waals surface area contributed by atoms with Crippen molar-refractivity contribution in [3.05, 3.63) is 235 Å². The summed E-state index contributed by atoms with van der Waals surface area (Å²) in [4.78, 5) is 10.8. The maximum absolute atomic E-state index is 4.21. The third-order valence-corrected chi connectivity index (χ3v) is 11.0. The fraction of sp³-hybridized carbons (Fsp3) is 0.0385. The molecule has 0 spiro atoms. The summed E-state index contributed by atoms with van der Waals surface area (Å²) < 4.78 is 2.46. The lowest BCUT2D eigenvalue weighted by Gasteiger charge is -2.27. The van der Waals surface area contributed by atoms with Crippen molar-refractivity contribution in [2.24, 2.45) is 0 Å². The maximum Gasteiger partial charge on any atom is 0.0576 e. The quantitative estimate of drug-likeness (QED) is 0.157. The molecule has 0 aliphatic heterocycles. The Morgan fingerprint density at radius 3 is 1.46 bits per heavy atom. The highest BCUT2D eigenvalue weighted by Gasteiger charge is 2.29. The van der Waals surface area contributed by atoms with Crippen LogP contribution in [0.15, 0.2) is 213 Å². The van der Waals surface area contributed by atoms with E-state index in [-0.39, 0.29) is 5.92 Å². The number of hydrogen-bond donors (Lipinski definition) is 0. The van der Waals surface area contributed by atoms with Gasteiger partial charge >= 0.3 is 0 Å². The van der Waals surface area contributed by atoms with Gasteiger partial charge in [0, 0.05) is 64.4 Å². The van der Waals surface area contributed by atoms with E-state index in [9.17, 15) is 0 Å². The predicted octanol–water partition coefficient (Wildman–Crippen LogP) is 13.0. The van der Waals surface area contributed by atoms with Crippen LogP contribution in [0.3, 0.4) is 0 Å². The average molecular weight is 719 g/mol. The Morgan fingerprint density at radius 1 is 0.446 bits per heavy atom. The molecule has 3 heterocycles. The van der Waals surface area contributed by atoms with Gasteiger partial charge in [0.05, 0.1) is 11.2 Å². The van der Waals surface area contributed by atoms with Crippen LogP contribution >= 0.6 is 0 Å². The van der Waals surface area contributed by atoms with Crippen molar-refractivity contribution in [3.8, 4) is 27.9 Å². The van der Waals surface area contributed by atoms with Crippen LogP contribution in [0, 0.1) is 0 Å². The Morgan fingerprint density at radius 2 is 0.911 bits per heavy atom. The van der Waals surface area contributed by atoms with E-state index in [1.165, 1.54) is 44.5 Å². The monoisotopic (exact) mass is 718 g/mol. The molecule has 1 aliphatic carbocycles. The lowest BCUT2D eigenvalue weighted by molar-refractivity contribution is 0.819. The highest BCUT2D eigenvalue weighted by atomic mass is 15.1. The number of benzene rings is 6. The second-order valence-electron chi connectivity index (χ2n) is 14.3. The van der Waals surface area contributed by atoms with Crippen LogP contribution in [0.1, 0.15) is 28.3 Å². The number of para-hydroxylation sites is 2. The first-order chi connectivity index (χ1) is 27.8. The fourth-order valence-electron chi connectivity index (χ4n) is 8.28. The molecule has 0 fully saturated rings. The van der Waals surface area contributed by atoms with Gasteiger partial charge in [-0.05, 0) is 124 Å². The second-order valence-corrected chi connectivity index (χ2v) is 14.3. The zero-order valence-corrected chi connectivity index (χ0v) is 30.8. The molecule has 0 bridgehead atoms. The molecule has 266 valence electrons. The first-order valence-corrected chi connectivity index (χ1v) is 19.1. The van der Waals surface area contributed by atoms with Crippen LogP contribution in [-0.4, -0.2) is 14.5 Å². The van der Waals surface area contributed by atoms with Gasteiger partial charge in [-0.3, -0.25) is 9.97 Å². The SMILES string of the molecule is C1=C(c2ccc(N(c3ccc(-c4ccncc4)cc3)c3ccc(-c4ccncc4)cc3)cc2)c2c(c3ccccc3n2-c2ccccc2)CC1c1ccccc1. The van der Waals surface area contributed by atoms with Gasteiger partial charge in [0.15, 0.2) is 0 Å². The van der Waals surface area contributed by atoms with Crippen LogP contribution in [0.4, 0.5) is 17.1 Å². The van der Waals surface area contributed by atoms with Gasteiger partial charge in [-0.1, -0.05) is 109 Å². The molecular formula is C52H38N4. The number of aromatic nitrogens is 3. The summed E-state index contributed by atoms with van der Waals surface area (Å²) in [6, 6.07) is 65.5. The number of pyridine rings is 2. The Bertz CT molecular complexity index is 2690. The number of allylic oxidation sites excluding steroid dienone is 1. The van der Waals surface area contributed by atoms with E-state index in [2.05, 4.69) is 183 Å². The van der Waals surface area contributed by atoms with Crippen molar-refractivity contribution in [1.29, 1.82) is 0 Å². The average Bonchev–Trinajstić information content (AvgIpc) is 3.62. The Balaban J connectivity index is 1.10. The third-order valence-electron chi connectivity index (χ3n) is 11.0. The summed E-state index contributed by atoms with van der Waals surface area (Å²) in [5.41, 5.74) is 16.7. The lowest BCUT2D eigenvalue weighted by atomic mass is 9.81. The molecule has 1 aliphatic rings. The lowest BCUT2D eigenvalue weighted by Crippen LogP contribution is -2.13. The molecule has 4 heteroatoms. The Kier molecular flexibility index (Phi) is 8.62. The Hall–Kier alpha value is -7.30. The van der Waals surface area contributed by atoms with Crippen molar-refractivity contribution in [2.75, 3.05) is 4.90 Å². The zero-order valence-electron chi connectivity index (χ0n) is 30.8. The van der Waals surface area contributed by atoms with Crippen LogP contribution in [0.25, 0.3) is 44.4 Å². The molecular weight excluding hydrogens is 681 g/mol. The number of hydrogen-bond acceptors (Lipinski definition) is 3. The molecule has 0 saturated heterocycles. The van der Waals surface area contributed by atoms with Crippen molar-refractivity contribution in [1.82, 2.24) is 14.5 Å². The molecule has 0 N–H and O–H groups in total. The van der Waals surface area contributed by atoms with E-state index in [0.717, 1.165) is 45.7 Å². The van der Waals surface area contributed by atoms with E-state index in [1.807, 2.05) is 49.1 Å². The minimum Gasteiger partial charge on any atom is -0.311 e. The smallest absolute Gasteiger partial charge is 0.0576 e. The molecule has 9 aromatic rings. The topological polar surface area (TPSA) is 34.0 Å². The van der Waals surface area contributed by atoms with Crippen molar-refractivity contribution in [3.63, 3.8) is 0 Å². The highest BCUT2D eigenvalue weighted by molar-refractivity contribution is 5.97. The molecule has 10 rings (SSSR count). The zero-order chi connectivity index (χ0) is 37.3. The van der Waals surface area contributed by atoms with E-state index in [4.69, 9.17) is 0 Å². The van der Waals surface area contributed by atoms with Crippen LogP contribution < -0.4 is 4.90 Å². The number of rotatable bonds is 8. The highest BCUT2D eigenvalue weighted by Crippen LogP contribution is 2.45. The summed E-state index contributed by atoms with van der Waals surface area (Å²) in [7, 11) is 0. The van der Waals surface area contributed by atoms with Gasteiger partial charge in [0.25, 0.3) is 0 Å². The molecule has 0 amide bonds. The summed E-state index contributed by atoms with van der Waals surface area (Å²) in [5.74, 6) is 0.253. The third kappa shape index (κ3) is 6.17. The van der Waals surface area contributed by atoms with Crippen molar-refractivity contribution < 1.29 is 0 Å². The van der Waals surface area contributed by atoms with E-state index < -0.39 is 0 Å². The summed E-state index contributed by atoms with van der Waals surface area (Å²) in [6.07, 6.45) is 10.8. The first kappa shape index (κ1) is 33.3.